The molecule has 0 aliphatic rings. The second kappa shape index (κ2) is 7.71. The zero-order valence-corrected chi connectivity index (χ0v) is 11.3. The van der Waals surface area contributed by atoms with Gasteiger partial charge in [-0.25, -0.2) is 4.79 Å². The fourth-order valence-electron chi connectivity index (χ4n) is 1.72. The van der Waals surface area contributed by atoms with Crippen LogP contribution in [-0.2, 0) is 0 Å². The van der Waals surface area contributed by atoms with E-state index in [0.717, 1.165) is 24.1 Å². The van der Waals surface area contributed by atoms with E-state index in [9.17, 15) is 4.79 Å². The molecule has 100 valence electrons. The van der Waals surface area contributed by atoms with Crippen LogP contribution in [0.2, 0.25) is 0 Å². The van der Waals surface area contributed by atoms with E-state index in [1.165, 1.54) is 0 Å². The Morgan fingerprint density at radius 1 is 1.44 bits per heavy atom. The SMILES string of the molecule is CCCNC(=O)N(CCCN)c1cccc(C)c1. The normalized spacial score (nSPS) is 10.2. The Morgan fingerprint density at radius 2 is 2.22 bits per heavy atom. The standard InChI is InChI=1S/C14H23N3O/c1-3-9-16-14(18)17(10-5-8-15)13-7-4-6-12(2)11-13/h4,6-7,11H,3,5,8-10,15H2,1-2H3,(H,16,18). The molecule has 0 aliphatic carbocycles. The van der Waals surface area contributed by atoms with Crippen molar-refractivity contribution in [2.75, 3.05) is 24.5 Å². The first kappa shape index (κ1) is 14.5. The second-order valence-corrected chi connectivity index (χ2v) is 4.36. The summed E-state index contributed by atoms with van der Waals surface area (Å²) in [5.74, 6) is 0. The summed E-state index contributed by atoms with van der Waals surface area (Å²) in [5.41, 5.74) is 7.60. The van der Waals surface area contributed by atoms with Gasteiger partial charge in [-0.05, 0) is 44.0 Å². The summed E-state index contributed by atoms with van der Waals surface area (Å²) in [4.78, 5) is 13.9. The highest BCUT2D eigenvalue weighted by Crippen LogP contribution is 2.16. The maximum absolute atomic E-state index is 12.1. The van der Waals surface area contributed by atoms with Crippen LogP contribution in [-0.4, -0.2) is 25.7 Å². The lowest BCUT2D eigenvalue weighted by Gasteiger charge is -2.23. The molecule has 0 bridgehead atoms. The minimum atomic E-state index is -0.0455. The van der Waals surface area contributed by atoms with Crippen LogP contribution < -0.4 is 16.0 Å². The van der Waals surface area contributed by atoms with Gasteiger partial charge in [0, 0.05) is 18.8 Å². The number of carbonyl (C=O) groups excluding carboxylic acids is 1. The van der Waals surface area contributed by atoms with Gasteiger partial charge in [0.1, 0.15) is 0 Å². The van der Waals surface area contributed by atoms with Crippen LogP contribution in [0.5, 0.6) is 0 Å². The lowest BCUT2D eigenvalue weighted by atomic mass is 10.2. The Kier molecular flexibility index (Phi) is 6.22. The summed E-state index contributed by atoms with van der Waals surface area (Å²) in [6.45, 7) is 5.99. The van der Waals surface area contributed by atoms with E-state index in [1.807, 2.05) is 38.1 Å². The maximum Gasteiger partial charge on any atom is 0.321 e. The van der Waals surface area contributed by atoms with Crippen molar-refractivity contribution < 1.29 is 4.79 Å². The van der Waals surface area contributed by atoms with Crippen molar-refractivity contribution in [2.45, 2.75) is 26.7 Å². The average molecular weight is 249 g/mol. The smallest absolute Gasteiger partial charge is 0.321 e. The van der Waals surface area contributed by atoms with Crippen molar-refractivity contribution in [3.63, 3.8) is 0 Å². The van der Waals surface area contributed by atoms with Crippen LogP contribution in [0, 0.1) is 6.92 Å². The van der Waals surface area contributed by atoms with Crippen LogP contribution in [0.25, 0.3) is 0 Å². The van der Waals surface area contributed by atoms with Gasteiger partial charge in [-0.15, -0.1) is 0 Å². The second-order valence-electron chi connectivity index (χ2n) is 4.36. The molecule has 4 heteroatoms. The third kappa shape index (κ3) is 4.37. The molecule has 0 fully saturated rings. The molecule has 1 aromatic carbocycles. The third-order valence-corrected chi connectivity index (χ3v) is 2.67. The molecule has 0 spiro atoms. The number of aryl methyl sites for hydroxylation is 1. The van der Waals surface area contributed by atoms with Crippen LogP contribution >= 0.6 is 0 Å². The zero-order chi connectivity index (χ0) is 13.4. The Balaban J connectivity index is 2.80. The van der Waals surface area contributed by atoms with Gasteiger partial charge < -0.3 is 11.1 Å². The first-order valence-electron chi connectivity index (χ1n) is 6.51. The number of hydrogen-bond donors (Lipinski definition) is 2. The predicted molar refractivity (Wildman–Crippen MR) is 75.9 cm³/mol. The number of benzene rings is 1. The molecular formula is C14H23N3O. The number of nitrogens with two attached hydrogens (primary N) is 1. The van der Waals surface area contributed by atoms with Crippen molar-refractivity contribution in [3.8, 4) is 0 Å². The van der Waals surface area contributed by atoms with Gasteiger partial charge in [0.2, 0.25) is 0 Å². The van der Waals surface area contributed by atoms with Gasteiger partial charge in [0.25, 0.3) is 0 Å². The topological polar surface area (TPSA) is 58.4 Å². The number of nitrogens with one attached hydrogen (secondary N) is 1. The molecule has 1 rings (SSSR count). The van der Waals surface area contributed by atoms with Crippen LogP contribution in [0.3, 0.4) is 0 Å². The Morgan fingerprint density at radius 3 is 2.83 bits per heavy atom. The van der Waals surface area contributed by atoms with Gasteiger partial charge in [0.05, 0.1) is 0 Å². The van der Waals surface area contributed by atoms with E-state index in [4.69, 9.17) is 5.73 Å². The number of hydrogen-bond acceptors (Lipinski definition) is 2. The maximum atomic E-state index is 12.1. The quantitative estimate of drug-likeness (QED) is 0.812. The number of nitrogens with zero attached hydrogens (tertiary/aromatic N) is 1. The van der Waals surface area contributed by atoms with Gasteiger partial charge >= 0.3 is 6.03 Å². The largest absolute Gasteiger partial charge is 0.338 e. The Labute approximate surface area is 109 Å². The molecular weight excluding hydrogens is 226 g/mol. The van der Waals surface area contributed by atoms with E-state index < -0.39 is 0 Å². The molecule has 0 aliphatic heterocycles. The number of urea groups is 1. The van der Waals surface area contributed by atoms with Crippen molar-refractivity contribution >= 4 is 11.7 Å². The summed E-state index contributed by atoms with van der Waals surface area (Å²) in [6, 6.07) is 7.91. The van der Waals surface area contributed by atoms with E-state index in [0.29, 0.717) is 19.6 Å². The summed E-state index contributed by atoms with van der Waals surface area (Å²) in [5, 5.41) is 2.91. The highest BCUT2D eigenvalue weighted by atomic mass is 16.2. The molecule has 0 unspecified atom stereocenters. The number of rotatable bonds is 6. The molecule has 0 heterocycles. The van der Waals surface area contributed by atoms with Gasteiger partial charge in [0.15, 0.2) is 0 Å². The summed E-state index contributed by atoms with van der Waals surface area (Å²) in [7, 11) is 0. The highest BCUT2D eigenvalue weighted by Gasteiger charge is 2.14. The number of amides is 2. The Bertz CT molecular complexity index is 379. The van der Waals surface area contributed by atoms with Crippen molar-refractivity contribution in [2.24, 2.45) is 5.73 Å². The summed E-state index contributed by atoms with van der Waals surface area (Å²) in [6.07, 6.45) is 1.73. The van der Waals surface area contributed by atoms with Crippen molar-refractivity contribution in [1.82, 2.24) is 5.32 Å². The van der Waals surface area contributed by atoms with Gasteiger partial charge in [-0.2, -0.15) is 0 Å². The fraction of sp³-hybridized carbons (Fsp3) is 0.500. The van der Waals surface area contributed by atoms with E-state index >= 15 is 0 Å². The van der Waals surface area contributed by atoms with E-state index in [2.05, 4.69) is 5.32 Å². The molecule has 0 atom stereocenters. The molecule has 0 saturated carbocycles. The van der Waals surface area contributed by atoms with Gasteiger partial charge in [-0.1, -0.05) is 19.1 Å². The number of anilines is 1. The molecule has 4 nitrogen and oxygen atoms in total. The fourth-order valence-corrected chi connectivity index (χ4v) is 1.72. The molecule has 0 saturated heterocycles. The molecule has 3 N–H and O–H groups in total. The van der Waals surface area contributed by atoms with Crippen LogP contribution in [0.4, 0.5) is 10.5 Å². The van der Waals surface area contributed by atoms with E-state index in [1.54, 1.807) is 4.90 Å². The minimum absolute atomic E-state index is 0.0455. The molecule has 0 aromatic heterocycles. The van der Waals surface area contributed by atoms with Crippen LogP contribution in [0.15, 0.2) is 24.3 Å². The monoisotopic (exact) mass is 249 g/mol. The average Bonchev–Trinajstić information content (AvgIpc) is 2.37. The molecule has 0 radical (unpaired) electrons. The van der Waals surface area contributed by atoms with Gasteiger partial charge in [-0.3, -0.25) is 4.90 Å². The summed E-state index contributed by atoms with van der Waals surface area (Å²) < 4.78 is 0. The number of carbonyl (C=O) groups is 1. The summed E-state index contributed by atoms with van der Waals surface area (Å²) >= 11 is 0. The first-order valence-corrected chi connectivity index (χ1v) is 6.51. The van der Waals surface area contributed by atoms with Crippen LogP contribution in [0.1, 0.15) is 25.3 Å². The lowest BCUT2D eigenvalue weighted by Crippen LogP contribution is -2.41. The predicted octanol–water partition coefficient (Wildman–Crippen LogP) is 2.27. The third-order valence-electron chi connectivity index (χ3n) is 2.67. The molecule has 2 amide bonds. The highest BCUT2D eigenvalue weighted by molar-refractivity contribution is 5.92. The van der Waals surface area contributed by atoms with Crippen molar-refractivity contribution in [3.05, 3.63) is 29.8 Å². The Hall–Kier alpha value is -1.55. The minimum Gasteiger partial charge on any atom is -0.338 e. The zero-order valence-electron chi connectivity index (χ0n) is 11.3. The molecule has 18 heavy (non-hydrogen) atoms. The first-order chi connectivity index (χ1) is 8.69. The lowest BCUT2D eigenvalue weighted by molar-refractivity contribution is 0.246. The van der Waals surface area contributed by atoms with E-state index in [-0.39, 0.29) is 6.03 Å². The molecule has 1 aromatic rings. The van der Waals surface area contributed by atoms with Crippen molar-refractivity contribution in [1.29, 1.82) is 0 Å².